The van der Waals surface area contributed by atoms with Crippen molar-refractivity contribution in [1.29, 1.82) is 0 Å². The maximum absolute atomic E-state index is 12.4. The van der Waals surface area contributed by atoms with Crippen LogP contribution in [-0.2, 0) is 9.53 Å². The molecule has 2 saturated carbocycles. The van der Waals surface area contributed by atoms with Crippen LogP contribution in [0.2, 0.25) is 0 Å². The Morgan fingerprint density at radius 3 is 2.44 bits per heavy atom. The number of carbonyl (C=O) groups excluding carboxylic acids is 1. The van der Waals surface area contributed by atoms with Crippen LogP contribution in [0.5, 0.6) is 0 Å². The van der Waals surface area contributed by atoms with Gasteiger partial charge in [-0.05, 0) is 49.9 Å². The van der Waals surface area contributed by atoms with Crippen LogP contribution >= 0.6 is 0 Å². The van der Waals surface area contributed by atoms with Crippen LogP contribution in [0.4, 0.5) is 0 Å². The summed E-state index contributed by atoms with van der Waals surface area (Å²) < 4.78 is 5.02. The van der Waals surface area contributed by atoms with Crippen molar-refractivity contribution in [3.8, 4) is 0 Å². The summed E-state index contributed by atoms with van der Waals surface area (Å²) in [4.78, 5) is 14.5. The zero-order valence-electron chi connectivity index (χ0n) is 11.2. The van der Waals surface area contributed by atoms with Crippen molar-refractivity contribution in [3.05, 3.63) is 0 Å². The smallest absolute Gasteiger partial charge is 0.242 e. The summed E-state index contributed by atoms with van der Waals surface area (Å²) in [5.41, 5.74) is 5.92. The molecular formula is C14H24N2O2. The zero-order chi connectivity index (χ0) is 12.7. The molecule has 4 fully saturated rings. The molecular weight excluding hydrogens is 228 g/mol. The first-order chi connectivity index (χ1) is 8.67. The number of methoxy groups -OCH3 is 1. The van der Waals surface area contributed by atoms with Gasteiger partial charge in [0.15, 0.2) is 0 Å². The number of hydrogen-bond donors (Lipinski definition) is 1. The molecule has 0 aromatic carbocycles. The fraction of sp³-hybridized carbons (Fsp3) is 0.929. The van der Waals surface area contributed by atoms with Crippen LogP contribution in [0.25, 0.3) is 0 Å². The van der Waals surface area contributed by atoms with Crippen LogP contribution in [0.1, 0.15) is 32.1 Å². The van der Waals surface area contributed by atoms with E-state index in [-0.39, 0.29) is 5.91 Å². The number of nitrogens with two attached hydrogens (primary N) is 1. The first-order valence-corrected chi connectivity index (χ1v) is 7.22. The van der Waals surface area contributed by atoms with Gasteiger partial charge >= 0.3 is 0 Å². The molecule has 0 spiro atoms. The molecule has 2 aliphatic carbocycles. The van der Waals surface area contributed by atoms with Gasteiger partial charge in [0.1, 0.15) is 6.04 Å². The van der Waals surface area contributed by atoms with Crippen molar-refractivity contribution >= 4 is 5.91 Å². The maximum Gasteiger partial charge on any atom is 0.242 e. The summed E-state index contributed by atoms with van der Waals surface area (Å²) in [5, 5.41) is 0. The van der Waals surface area contributed by atoms with Crippen molar-refractivity contribution in [2.75, 3.05) is 20.3 Å². The van der Waals surface area contributed by atoms with E-state index in [4.69, 9.17) is 10.5 Å². The van der Waals surface area contributed by atoms with Crippen molar-refractivity contribution in [2.24, 2.45) is 23.5 Å². The van der Waals surface area contributed by atoms with E-state index in [1.807, 2.05) is 0 Å². The Morgan fingerprint density at radius 1 is 1.22 bits per heavy atom. The first-order valence-electron chi connectivity index (χ1n) is 7.22. The van der Waals surface area contributed by atoms with Crippen LogP contribution in [0.15, 0.2) is 0 Å². The molecule has 2 aliphatic heterocycles. The molecule has 2 heterocycles. The van der Waals surface area contributed by atoms with Gasteiger partial charge in [-0.15, -0.1) is 0 Å². The largest absolute Gasteiger partial charge is 0.383 e. The third-order valence-electron chi connectivity index (χ3n) is 5.05. The average molecular weight is 252 g/mol. The number of hydrogen-bond acceptors (Lipinski definition) is 3. The molecule has 0 aromatic rings. The Bertz CT molecular complexity index is 320. The van der Waals surface area contributed by atoms with Crippen molar-refractivity contribution in [2.45, 2.75) is 44.2 Å². The van der Waals surface area contributed by atoms with E-state index in [0.717, 1.165) is 24.3 Å². The van der Waals surface area contributed by atoms with Gasteiger partial charge in [-0.3, -0.25) is 4.79 Å². The summed E-state index contributed by atoms with van der Waals surface area (Å²) in [6, 6.07) is -0.0256. The molecule has 4 heteroatoms. The molecule has 4 bridgehead atoms. The lowest BCUT2D eigenvalue weighted by Gasteiger charge is -2.39. The highest BCUT2D eigenvalue weighted by Gasteiger charge is 2.44. The predicted octanol–water partition coefficient (Wildman–Crippen LogP) is 0.997. The summed E-state index contributed by atoms with van der Waals surface area (Å²) >= 11 is 0. The van der Waals surface area contributed by atoms with Gasteiger partial charge in [-0.2, -0.15) is 0 Å². The van der Waals surface area contributed by atoms with Gasteiger partial charge in [-0.25, -0.2) is 0 Å². The minimum absolute atomic E-state index is 0.107. The highest BCUT2D eigenvalue weighted by molar-refractivity contribution is 5.82. The molecule has 2 N–H and O–H groups in total. The van der Waals surface area contributed by atoms with Crippen LogP contribution in [0.3, 0.4) is 0 Å². The third-order valence-corrected chi connectivity index (χ3v) is 5.05. The Kier molecular flexibility index (Phi) is 3.32. The van der Waals surface area contributed by atoms with Crippen LogP contribution < -0.4 is 5.73 Å². The predicted molar refractivity (Wildman–Crippen MR) is 68.9 cm³/mol. The Hall–Kier alpha value is -0.610. The number of rotatable bonds is 3. The van der Waals surface area contributed by atoms with E-state index in [1.165, 1.54) is 32.1 Å². The van der Waals surface area contributed by atoms with Gasteiger partial charge < -0.3 is 15.4 Å². The van der Waals surface area contributed by atoms with E-state index in [1.54, 1.807) is 7.11 Å². The molecule has 1 amide bonds. The normalized spacial score (nSPS) is 39.8. The van der Waals surface area contributed by atoms with Gasteiger partial charge in [0.05, 0.1) is 6.61 Å². The Labute approximate surface area is 109 Å². The second-order valence-corrected chi connectivity index (χ2v) is 6.48. The standard InChI is InChI=1S/C14H24N2O2/c1-18-8-13(15)14(17)16-7-11-3-9-2-10(4-11)6-12(16)5-9/h9-13H,2-8,15H2,1H3. The average Bonchev–Trinajstić information content (AvgIpc) is 2.53. The summed E-state index contributed by atoms with van der Waals surface area (Å²) in [5.74, 6) is 2.56. The molecule has 3 unspecified atom stereocenters. The lowest BCUT2D eigenvalue weighted by Crippen LogP contribution is -2.51. The lowest BCUT2D eigenvalue weighted by molar-refractivity contribution is -0.136. The molecule has 3 atom stereocenters. The van der Waals surface area contributed by atoms with Crippen molar-refractivity contribution in [3.63, 3.8) is 0 Å². The number of amides is 1. The summed E-state index contributed by atoms with van der Waals surface area (Å²) in [6.45, 7) is 1.27. The van der Waals surface area contributed by atoms with E-state index in [2.05, 4.69) is 4.90 Å². The molecule has 4 nitrogen and oxygen atoms in total. The fourth-order valence-electron chi connectivity index (χ4n) is 4.52. The van der Waals surface area contributed by atoms with Gasteiger partial charge in [0, 0.05) is 19.7 Å². The Morgan fingerprint density at radius 2 is 1.83 bits per heavy atom. The zero-order valence-corrected chi connectivity index (χ0v) is 11.2. The number of nitrogens with zero attached hydrogens (tertiary/aromatic N) is 1. The molecule has 2 saturated heterocycles. The lowest BCUT2D eigenvalue weighted by atomic mass is 9.68. The minimum atomic E-state index is -0.481. The van der Waals surface area contributed by atoms with E-state index in [0.29, 0.717) is 12.6 Å². The maximum atomic E-state index is 12.4. The van der Waals surface area contributed by atoms with E-state index >= 15 is 0 Å². The van der Waals surface area contributed by atoms with Gasteiger partial charge in [0.2, 0.25) is 5.91 Å². The second kappa shape index (κ2) is 4.82. The van der Waals surface area contributed by atoms with Gasteiger partial charge in [-0.1, -0.05) is 0 Å². The first kappa shape index (κ1) is 12.4. The summed E-state index contributed by atoms with van der Waals surface area (Å²) in [6.07, 6.45) is 6.47. The van der Waals surface area contributed by atoms with Crippen molar-refractivity contribution < 1.29 is 9.53 Å². The van der Waals surface area contributed by atoms with E-state index < -0.39 is 6.04 Å². The molecule has 0 aromatic heterocycles. The molecule has 18 heavy (non-hydrogen) atoms. The fourth-order valence-corrected chi connectivity index (χ4v) is 4.52. The quantitative estimate of drug-likeness (QED) is 0.815. The number of fused-ring (bicyclic) bond motifs is 1. The topological polar surface area (TPSA) is 55.6 Å². The van der Waals surface area contributed by atoms with Crippen molar-refractivity contribution in [1.82, 2.24) is 4.90 Å². The molecule has 102 valence electrons. The highest BCUT2D eigenvalue weighted by Crippen LogP contribution is 2.47. The summed E-state index contributed by atoms with van der Waals surface area (Å²) in [7, 11) is 1.60. The molecule has 4 aliphatic rings. The minimum Gasteiger partial charge on any atom is -0.383 e. The Balaban J connectivity index is 1.74. The monoisotopic (exact) mass is 252 g/mol. The van der Waals surface area contributed by atoms with E-state index in [9.17, 15) is 4.79 Å². The molecule has 0 radical (unpaired) electrons. The molecule has 4 rings (SSSR count). The second-order valence-electron chi connectivity index (χ2n) is 6.48. The van der Waals surface area contributed by atoms with Crippen LogP contribution in [-0.4, -0.2) is 43.2 Å². The van der Waals surface area contributed by atoms with Gasteiger partial charge in [0.25, 0.3) is 0 Å². The van der Waals surface area contributed by atoms with Crippen LogP contribution in [0, 0.1) is 17.8 Å². The third kappa shape index (κ3) is 2.16. The highest BCUT2D eigenvalue weighted by atomic mass is 16.5. The number of ether oxygens (including phenoxy) is 1. The SMILES string of the molecule is COCC(N)C(=O)N1CC2CC3CC(C2)CC1C3. The number of carbonyl (C=O) groups is 1.